The van der Waals surface area contributed by atoms with Crippen molar-refractivity contribution in [3.63, 3.8) is 0 Å². The second-order valence-corrected chi connectivity index (χ2v) is 11.8. The number of alkyl halides is 6. The Morgan fingerprint density at radius 3 is 1.70 bits per heavy atom. The lowest BCUT2D eigenvalue weighted by Crippen LogP contribution is -2.28. The van der Waals surface area contributed by atoms with Gasteiger partial charge >= 0.3 is 31.3 Å². The van der Waals surface area contributed by atoms with E-state index in [0.717, 1.165) is 12.1 Å². The largest absolute Gasteiger partial charge is 0.534 e. The van der Waals surface area contributed by atoms with E-state index in [1.807, 2.05) is 0 Å². The highest BCUT2D eigenvalue weighted by Crippen LogP contribution is 2.59. The molecule has 2 aliphatic rings. The van der Waals surface area contributed by atoms with Crippen LogP contribution in [0.25, 0.3) is 21.9 Å². The quantitative estimate of drug-likeness (QED) is 0.204. The van der Waals surface area contributed by atoms with Crippen LogP contribution in [0.2, 0.25) is 0 Å². The molecule has 6 nitrogen and oxygen atoms in total. The van der Waals surface area contributed by atoms with Gasteiger partial charge < -0.3 is 8.37 Å². The molecule has 2 atom stereocenters. The predicted molar refractivity (Wildman–Crippen MR) is 120 cm³/mol. The van der Waals surface area contributed by atoms with Gasteiger partial charge in [-0.2, -0.15) is 43.2 Å². The summed E-state index contributed by atoms with van der Waals surface area (Å²) in [6.07, 6.45) is 1.92. The van der Waals surface area contributed by atoms with Crippen LogP contribution in [0.5, 0.6) is 11.5 Å². The molecule has 0 saturated heterocycles. The summed E-state index contributed by atoms with van der Waals surface area (Å²) in [6, 6.07) is 10.9. The van der Waals surface area contributed by atoms with Crippen LogP contribution in [0.1, 0.15) is 42.2 Å². The first kappa shape index (κ1) is 25.6. The summed E-state index contributed by atoms with van der Waals surface area (Å²) in [7, 11) is -11.8. The molecule has 2 unspecified atom stereocenters. The summed E-state index contributed by atoms with van der Waals surface area (Å²) in [4.78, 5) is 0. The molecule has 198 valence electrons. The Morgan fingerprint density at radius 2 is 1.11 bits per heavy atom. The van der Waals surface area contributed by atoms with Crippen LogP contribution in [-0.4, -0.2) is 27.9 Å². The van der Waals surface area contributed by atoms with E-state index in [9.17, 15) is 43.2 Å². The Balaban J connectivity index is 1.67. The summed E-state index contributed by atoms with van der Waals surface area (Å²) >= 11 is 0. The highest BCUT2D eigenvalue weighted by atomic mass is 32.2. The predicted octanol–water partition coefficient (Wildman–Crippen LogP) is 6.33. The van der Waals surface area contributed by atoms with Crippen molar-refractivity contribution in [2.75, 3.05) is 0 Å². The van der Waals surface area contributed by atoms with E-state index in [1.165, 1.54) is 30.3 Å². The molecular weight excluding hydrogens is 550 g/mol. The Kier molecular flexibility index (Phi) is 5.72. The number of rotatable bonds is 5. The maximum absolute atomic E-state index is 13.0. The second kappa shape index (κ2) is 8.25. The van der Waals surface area contributed by atoms with Crippen LogP contribution >= 0.6 is 0 Å². The van der Waals surface area contributed by atoms with Crippen molar-refractivity contribution < 1.29 is 51.5 Å². The lowest BCUT2D eigenvalue weighted by Gasteiger charge is -2.23. The molecule has 1 fully saturated rings. The molecule has 0 heterocycles. The van der Waals surface area contributed by atoms with E-state index in [1.54, 1.807) is 6.07 Å². The zero-order valence-corrected chi connectivity index (χ0v) is 20.1. The molecule has 0 spiro atoms. The van der Waals surface area contributed by atoms with Crippen LogP contribution in [0.4, 0.5) is 26.3 Å². The third-order valence-electron chi connectivity index (χ3n) is 6.64. The molecule has 0 amide bonds. The van der Waals surface area contributed by atoms with Crippen LogP contribution in [0.15, 0.2) is 48.5 Å². The number of hydrogen-bond acceptors (Lipinski definition) is 6. The first-order chi connectivity index (χ1) is 17.1. The van der Waals surface area contributed by atoms with Gasteiger partial charge in [0.2, 0.25) is 0 Å². The number of hydrogen-bond donors (Lipinski definition) is 0. The van der Waals surface area contributed by atoms with Crippen LogP contribution in [0.3, 0.4) is 0 Å². The van der Waals surface area contributed by atoms with Crippen molar-refractivity contribution in [3.8, 4) is 22.6 Å². The van der Waals surface area contributed by atoms with Gasteiger partial charge in [0, 0.05) is 10.9 Å². The molecular formula is C23H16F6O6S2. The smallest absolute Gasteiger partial charge is 0.376 e. The summed E-state index contributed by atoms with van der Waals surface area (Å²) in [5.74, 6) is -1.27. The van der Waals surface area contributed by atoms with Gasteiger partial charge in [0.15, 0.2) is 5.75 Å². The maximum atomic E-state index is 13.0. The molecule has 37 heavy (non-hydrogen) atoms. The molecule has 5 rings (SSSR count). The summed E-state index contributed by atoms with van der Waals surface area (Å²) in [5, 5.41) is 0.392. The molecule has 3 aromatic rings. The first-order valence-electron chi connectivity index (χ1n) is 10.8. The topological polar surface area (TPSA) is 86.7 Å². The van der Waals surface area contributed by atoms with Crippen LogP contribution in [0, 0.1) is 0 Å². The first-order valence-corrected chi connectivity index (χ1v) is 13.6. The minimum absolute atomic E-state index is 0.0599. The highest BCUT2D eigenvalue weighted by Gasteiger charge is 2.50. The van der Waals surface area contributed by atoms with Crippen molar-refractivity contribution >= 4 is 31.0 Å². The van der Waals surface area contributed by atoms with Gasteiger partial charge in [-0.15, -0.1) is 0 Å². The summed E-state index contributed by atoms with van der Waals surface area (Å²) < 4.78 is 133. The van der Waals surface area contributed by atoms with E-state index in [0.29, 0.717) is 46.9 Å². The second-order valence-electron chi connectivity index (χ2n) is 8.77. The fourth-order valence-electron chi connectivity index (χ4n) is 5.20. The van der Waals surface area contributed by atoms with Gasteiger partial charge in [0.05, 0.1) is 0 Å². The van der Waals surface area contributed by atoms with E-state index >= 15 is 0 Å². The lowest BCUT2D eigenvalue weighted by atomic mass is 9.84. The van der Waals surface area contributed by atoms with E-state index in [2.05, 4.69) is 8.37 Å². The van der Waals surface area contributed by atoms with Crippen molar-refractivity contribution in [1.82, 2.24) is 0 Å². The summed E-state index contributed by atoms with van der Waals surface area (Å²) in [5.41, 5.74) is -9.31. The Hall–Kier alpha value is -3.00. The van der Waals surface area contributed by atoms with E-state index in [4.69, 9.17) is 0 Å². The van der Waals surface area contributed by atoms with Gasteiger partial charge in [0.25, 0.3) is 0 Å². The Morgan fingerprint density at radius 1 is 0.622 bits per heavy atom. The lowest BCUT2D eigenvalue weighted by molar-refractivity contribution is -0.0504. The molecule has 0 radical (unpaired) electrons. The molecule has 14 heteroatoms. The maximum Gasteiger partial charge on any atom is 0.534 e. The molecule has 0 aromatic heterocycles. The zero-order chi connectivity index (χ0) is 27.0. The standard InChI is InChI=1S/C23H16F6O6S2/c24-22(25,26)36(30,31)34-18-9-7-15(14-3-1-2-4-16(14)18)17-8-10-19(35-37(32,33)23(27,28)29)21-13-6-5-12(11-13)20(17)21/h1-4,7-10,12-13H,5-6,11H2. The van der Waals surface area contributed by atoms with Crippen molar-refractivity contribution in [1.29, 1.82) is 0 Å². The Bertz CT molecular complexity index is 1630. The molecule has 0 aliphatic heterocycles. The Labute approximate surface area is 207 Å². The monoisotopic (exact) mass is 566 g/mol. The third-order valence-corrected chi connectivity index (χ3v) is 8.57. The van der Waals surface area contributed by atoms with Crippen molar-refractivity contribution in [2.45, 2.75) is 42.1 Å². The SMILES string of the molecule is O=S(=O)(Oc1ccc(-c2ccc(OS(=O)(=O)C(F)(F)F)c3ccccc23)c2c1C1CCC2C1)C(F)(F)F. The average Bonchev–Trinajstić information content (AvgIpc) is 3.41. The molecule has 1 saturated carbocycles. The number of halogens is 6. The van der Waals surface area contributed by atoms with Gasteiger partial charge in [-0.05, 0) is 71.4 Å². The van der Waals surface area contributed by atoms with Gasteiger partial charge in [-0.3, -0.25) is 0 Å². The fraction of sp³-hybridized carbons (Fsp3) is 0.304. The minimum atomic E-state index is -5.94. The normalized spacial score (nSPS) is 19.7. The average molecular weight is 566 g/mol. The number of benzene rings is 3. The number of fused-ring (bicyclic) bond motifs is 6. The highest BCUT2D eigenvalue weighted by molar-refractivity contribution is 7.88. The van der Waals surface area contributed by atoms with Crippen LogP contribution in [-0.2, 0) is 20.2 Å². The molecule has 0 N–H and O–H groups in total. The van der Waals surface area contributed by atoms with Gasteiger partial charge in [0.1, 0.15) is 5.75 Å². The summed E-state index contributed by atoms with van der Waals surface area (Å²) in [6.45, 7) is 0. The van der Waals surface area contributed by atoms with Gasteiger partial charge in [-0.1, -0.05) is 30.3 Å². The zero-order valence-electron chi connectivity index (χ0n) is 18.4. The van der Waals surface area contributed by atoms with Gasteiger partial charge in [-0.25, -0.2) is 0 Å². The fourth-order valence-corrected chi connectivity index (χ4v) is 6.15. The van der Waals surface area contributed by atoms with E-state index < -0.39 is 42.8 Å². The molecule has 3 aromatic carbocycles. The van der Waals surface area contributed by atoms with E-state index in [-0.39, 0.29) is 17.2 Å². The third kappa shape index (κ3) is 4.19. The molecule has 2 bridgehead atoms. The van der Waals surface area contributed by atoms with Crippen molar-refractivity contribution in [3.05, 3.63) is 59.7 Å². The van der Waals surface area contributed by atoms with Crippen molar-refractivity contribution in [2.24, 2.45) is 0 Å². The minimum Gasteiger partial charge on any atom is -0.376 e. The van der Waals surface area contributed by atoms with Crippen LogP contribution < -0.4 is 8.37 Å². The molecule has 2 aliphatic carbocycles.